The third kappa shape index (κ3) is 7.89. The molecule has 0 bridgehead atoms. The average molecular weight is 476 g/mol. The van der Waals surface area contributed by atoms with Gasteiger partial charge in [0.15, 0.2) is 11.5 Å². The van der Waals surface area contributed by atoms with Crippen LogP contribution in [0.1, 0.15) is 40.7 Å². The maximum atomic E-state index is 13.2. The van der Waals surface area contributed by atoms with E-state index in [0.29, 0.717) is 12.2 Å². The quantitative estimate of drug-likeness (QED) is 0.349. The molecule has 3 rings (SSSR count). The Morgan fingerprint density at radius 3 is 1.94 bits per heavy atom. The van der Waals surface area contributed by atoms with Gasteiger partial charge in [-0.1, -0.05) is 66.7 Å². The number of hydrogen-bond donors (Lipinski definition) is 3. The highest BCUT2D eigenvalue weighted by Crippen LogP contribution is 2.33. The van der Waals surface area contributed by atoms with Gasteiger partial charge in [-0.2, -0.15) is 0 Å². The van der Waals surface area contributed by atoms with Crippen molar-refractivity contribution in [3.63, 3.8) is 0 Å². The SMILES string of the molecule is NC(=O)CCC[C@@H](NC(=O)c1cccc(OCc2ccccc2)c1OCc1ccccc1)C(N)=O. The van der Waals surface area contributed by atoms with Gasteiger partial charge in [-0.3, -0.25) is 14.4 Å². The molecule has 0 fully saturated rings. The van der Waals surface area contributed by atoms with Crippen LogP contribution in [-0.4, -0.2) is 23.8 Å². The zero-order valence-electron chi connectivity index (χ0n) is 19.3. The largest absolute Gasteiger partial charge is 0.485 e. The minimum absolute atomic E-state index is 0.0912. The summed E-state index contributed by atoms with van der Waals surface area (Å²) in [5.74, 6) is -1.08. The summed E-state index contributed by atoms with van der Waals surface area (Å²) in [6.07, 6.45) is 0.600. The van der Waals surface area contributed by atoms with E-state index in [2.05, 4.69) is 5.32 Å². The first-order valence-corrected chi connectivity index (χ1v) is 11.3. The van der Waals surface area contributed by atoms with Crippen molar-refractivity contribution in [3.8, 4) is 11.5 Å². The second-order valence-electron chi connectivity index (χ2n) is 7.97. The third-order valence-electron chi connectivity index (χ3n) is 5.25. The number of carbonyl (C=O) groups excluding carboxylic acids is 3. The molecule has 0 saturated carbocycles. The summed E-state index contributed by atoms with van der Waals surface area (Å²) in [5, 5.41) is 2.64. The lowest BCUT2D eigenvalue weighted by Gasteiger charge is -2.19. The standard InChI is InChI=1S/C27H29N3O5/c28-24(31)16-8-14-22(26(29)32)30-27(33)21-13-7-15-23(34-17-19-9-3-1-4-10-19)25(21)35-18-20-11-5-2-6-12-20/h1-7,9-13,15,22H,8,14,16-18H2,(H2,28,31)(H2,29,32)(H,30,33)/t22-/m1/s1. The molecule has 0 aliphatic carbocycles. The van der Waals surface area contributed by atoms with E-state index in [1.165, 1.54) is 0 Å². The van der Waals surface area contributed by atoms with Gasteiger partial charge in [-0.15, -0.1) is 0 Å². The number of nitrogens with two attached hydrogens (primary N) is 2. The number of nitrogens with one attached hydrogen (secondary N) is 1. The molecule has 3 aromatic rings. The Balaban J connectivity index is 1.82. The molecule has 0 saturated heterocycles. The summed E-state index contributed by atoms with van der Waals surface area (Å²) >= 11 is 0. The van der Waals surface area contributed by atoms with E-state index in [9.17, 15) is 14.4 Å². The van der Waals surface area contributed by atoms with E-state index in [0.717, 1.165) is 11.1 Å². The molecule has 0 aromatic heterocycles. The van der Waals surface area contributed by atoms with E-state index in [1.807, 2.05) is 60.7 Å². The van der Waals surface area contributed by atoms with Gasteiger partial charge in [-0.25, -0.2) is 0 Å². The summed E-state index contributed by atoms with van der Waals surface area (Å²) in [6.45, 7) is 0.495. The van der Waals surface area contributed by atoms with Crippen LogP contribution in [0.2, 0.25) is 0 Å². The molecule has 8 heteroatoms. The van der Waals surface area contributed by atoms with Crippen molar-refractivity contribution >= 4 is 17.7 Å². The van der Waals surface area contributed by atoms with Gasteiger partial charge >= 0.3 is 0 Å². The number of para-hydroxylation sites is 1. The van der Waals surface area contributed by atoms with Gasteiger partial charge in [0.1, 0.15) is 19.3 Å². The molecule has 0 spiro atoms. The molecule has 35 heavy (non-hydrogen) atoms. The fraction of sp³-hybridized carbons (Fsp3) is 0.222. The Kier molecular flexibility index (Phi) is 9.24. The summed E-state index contributed by atoms with van der Waals surface area (Å²) < 4.78 is 12.1. The van der Waals surface area contributed by atoms with E-state index in [4.69, 9.17) is 20.9 Å². The maximum absolute atomic E-state index is 13.2. The van der Waals surface area contributed by atoms with Crippen LogP contribution in [0.5, 0.6) is 11.5 Å². The van der Waals surface area contributed by atoms with Gasteiger partial charge in [0.05, 0.1) is 5.56 Å². The van der Waals surface area contributed by atoms with Crippen LogP contribution < -0.4 is 26.3 Å². The molecule has 3 aromatic carbocycles. The number of carbonyl (C=O) groups is 3. The van der Waals surface area contributed by atoms with Gasteiger partial charge < -0.3 is 26.3 Å². The Morgan fingerprint density at radius 2 is 1.37 bits per heavy atom. The van der Waals surface area contributed by atoms with Crippen molar-refractivity contribution in [2.24, 2.45) is 11.5 Å². The molecule has 0 unspecified atom stereocenters. The highest BCUT2D eigenvalue weighted by molar-refractivity contribution is 6.00. The fourth-order valence-corrected chi connectivity index (χ4v) is 3.42. The molecule has 1 atom stereocenters. The van der Waals surface area contributed by atoms with Crippen LogP contribution in [0.4, 0.5) is 0 Å². The van der Waals surface area contributed by atoms with E-state index in [-0.39, 0.29) is 37.4 Å². The Morgan fingerprint density at radius 1 is 0.771 bits per heavy atom. The lowest BCUT2D eigenvalue weighted by Crippen LogP contribution is -2.44. The van der Waals surface area contributed by atoms with Gasteiger partial charge in [0, 0.05) is 6.42 Å². The minimum Gasteiger partial charge on any atom is -0.485 e. The monoisotopic (exact) mass is 475 g/mol. The zero-order valence-corrected chi connectivity index (χ0v) is 19.3. The molecule has 0 aliphatic rings. The van der Waals surface area contributed by atoms with Crippen molar-refractivity contribution in [3.05, 3.63) is 95.6 Å². The fourth-order valence-electron chi connectivity index (χ4n) is 3.42. The number of benzene rings is 3. The van der Waals surface area contributed by atoms with Crippen molar-refractivity contribution < 1.29 is 23.9 Å². The molecule has 0 heterocycles. The summed E-state index contributed by atoms with van der Waals surface area (Å²) in [5.41, 5.74) is 12.7. The van der Waals surface area contributed by atoms with Crippen molar-refractivity contribution in [2.45, 2.75) is 38.5 Å². The van der Waals surface area contributed by atoms with Crippen molar-refractivity contribution in [1.82, 2.24) is 5.32 Å². The average Bonchev–Trinajstić information content (AvgIpc) is 2.86. The van der Waals surface area contributed by atoms with Gasteiger partial charge in [0.2, 0.25) is 11.8 Å². The molecule has 182 valence electrons. The molecule has 5 N–H and O–H groups in total. The second kappa shape index (κ2) is 12.8. The van der Waals surface area contributed by atoms with Crippen LogP contribution in [0, 0.1) is 0 Å². The maximum Gasteiger partial charge on any atom is 0.255 e. The van der Waals surface area contributed by atoms with E-state index >= 15 is 0 Å². The second-order valence-corrected chi connectivity index (χ2v) is 7.97. The van der Waals surface area contributed by atoms with Crippen LogP contribution in [0.15, 0.2) is 78.9 Å². The number of rotatable bonds is 13. The first-order valence-electron chi connectivity index (χ1n) is 11.3. The predicted octanol–water partition coefficient (Wildman–Crippen LogP) is 3.08. The molecular weight excluding hydrogens is 446 g/mol. The number of ether oxygens (including phenoxy) is 2. The lowest BCUT2D eigenvalue weighted by atomic mass is 10.1. The molecule has 0 aliphatic heterocycles. The molecule has 3 amide bonds. The first kappa shape index (κ1) is 25.3. The van der Waals surface area contributed by atoms with Gasteiger partial charge in [0.25, 0.3) is 5.91 Å². The summed E-state index contributed by atoms with van der Waals surface area (Å²) in [7, 11) is 0. The Labute approximate surface area is 204 Å². The lowest BCUT2D eigenvalue weighted by molar-refractivity contribution is -0.121. The van der Waals surface area contributed by atoms with Crippen LogP contribution in [-0.2, 0) is 22.8 Å². The zero-order chi connectivity index (χ0) is 25.0. The number of hydrogen-bond acceptors (Lipinski definition) is 5. The van der Waals surface area contributed by atoms with E-state index < -0.39 is 23.8 Å². The predicted molar refractivity (Wildman–Crippen MR) is 131 cm³/mol. The Hall–Kier alpha value is -4.33. The number of amides is 3. The van der Waals surface area contributed by atoms with E-state index in [1.54, 1.807) is 18.2 Å². The van der Waals surface area contributed by atoms with Crippen molar-refractivity contribution in [1.29, 1.82) is 0 Å². The topological polar surface area (TPSA) is 134 Å². The van der Waals surface area contributed by atoms with Crippen molar-refractivity contribution in [2.75, 3.05) is 0 Å². The summed E-state index contributed by atoms with van der Waals surface area (Å²) in [4.78, 5) is 36.1. The first-order chi connectivity index (χ1) is 16.9. The third-order valence-corrected chi connectivity index (χ3v) is 5.25. The molecule has 8 nitrogen and oxygen atoms in total. The molecular formula is C27H29N3O5. The van der Waals surface area contributed by atoms with Crippen LogP contribution in [0.25, 0.3) is 0 Å². The normalized spacial score (nSPS) is 11.3. The number of primary amides is 2. The van der Waals surface area contributed by atoms with Crippen LogP contribution in [0.3, 0.4) is 0 Å². The Bertz CT molecular complexity index is 1140. The highest BCUT2D eigenvalue weighted by Gasteiger charge is 2.23. The van der Waals surface area contributed by atoms with Crippen LogP contribution >= 0.6 is 0 Å². The summed E-state index contributed by atoms with van der Waals surface area (Å²) in [6, 6.07) is 23.2. The van der Waals surface area contributed by atoms with Gasteiger partial charge in [-0.05, 0) is 36.1 Å². The smallest absolute Gasteiger partial charge is 0.255 e. The molecule has 0 radical (unpaired) electrons. The highest BCUT2D eigenvalue weighted by atomic mass is 16.5. The minimum atomic E-state index is -0.960.